The molecule has 2 N–H and O–H groups in total. The molecule has 0 bridgehead atoms. The Morgan fingerprint density at radius 1 is 1.35 bits per heavy atom. The van der Waals surface area contributed by atoms with Gasteiger partial charge < -0.3 is 15.0 Å². The number of hydrogen-bond acceptors (Lipinski definition) is 2. The lowest BCUT2D eigenvalue weighted by Gasteiger charge is -2.51. The van der Waals surface area contributed by atoms with E-state index in [0.29, 0.717) is 6.42 Å². The van der Waals surface area contributed by atoms with Gasteiger partial charge in [0.15, 0.2) is 0 Å². The lowest BCUT2D eigenvalue weighted by Crippen LogP contribution is -2.52. The maximum Gasteiger partial charge on any atom is 0.223 e. The molecule has 1 amide bonds. The average Bonchev–Trinajstić information content (AvgIpc) is 2.96. The zero-order chi connectivity index (χ0) is 16.0. The number of aromatic amines is 1. The summed E-state index contributed by atoms with van der Waals surface area (Å²) in [6.07, 6.45) is 4.14. The number of piperidine rings is 1. The van der Waals surface area contributed by atoms with E-state index in [1.165, 1.54) is 16.6 Å². The first-order valence-corrected chi connectivity index (χ1v) is 8.70. The van der Waals surface area contributed by atoms with E-state index in [2.05, 4.69) is 41.1 Å². The van der Waals surface area contributed by atoms with Crippen LogP contribution in [0.25, 0.3) is 10.9 Å². The van der Waals surface area contributed by atoms with E-state index >= 15 is 0 Å². The SMILES string of the molecule is CC[C@]1(CCO)CCC(=O)N2CCc3c([nH]c4ccccc34)[C@@H]21. The molecule has 23 heavy (non-hydrogen) atoms. The summed E-state index contributed by atoms with van der Waals surface area (Å²) in [5.41, 5.74) is 3.72. The molecule has 3 heterocycles. The van der Waals surface area contributed by atoms with Gasteiger partial charge in [0, 0.05) is 36.2 Å². The van der Waals surface area contributed by atoms with Crippen LogP contribution in [0.15, 0.2) is 24.3 Å². The van der Waals surface area contributed by atoms with Crippen molar-refractivity contribution in [2.45, 2.75) is 45.1 Å². The van der Waals surface area contributed by atoms with Crippen molar-refractivity contribution in [1.29, 1.82) is 0 Å². The molecule has 0 radical (unpaired) electrons. The standard InChI is InChI=1S/C19H24N2O2/c1-2-19(10-12-22)9-7-16(23)21-11-8-14-13-5-3-4-6-15(13)20-17(14)18(19)21/h3-6,18,20,22H,2,7-12H2,1H3/t18-,19-/m1/s1. The second-order valence-corrected chi connectivity index (χ2v) is 6.99. The van der Waals surface area contributed by atoms with Crippen LogP contribution in [-0.2, 0) is 11.2 Å². The van der Waals surface area contributed by atoms with Crippen molar-refractivity contribution in [3.8, 4) is 0 Å². The number of H-pyrrole nitrogens is 1. The van der Waals surface area contributed by atoms with Crippen LogP contribution in [0.2, 0.25) is 0 Å². The predicted molar refractivity (Wildman–Crippen MR) is 90.1 cm³/mol. The molecule has 0 aliphatic carbocycles. The summed E-state index contributed by atoms with van der Waals surface area (Å²) in [5.74, 6) is 0.265. The van der Waals surface area contributed by atoms with Gasteiger partial charge in [0.2, 0.25) is 5.91 Å². The Hall–Kier alpha value is -1.81. The highest BCUT2D eigenvalue weighted by Crippen LogP contribution is 2.53. The third-order valence-corrected chi connectivity index (χ3v) is 6.09. The normalized spacial score (nSPS) is 27.1. The van der Waals surface area contributed by atoms with Gasteiger partial charge >= 0.3 is 0 Å². The number of rotatable bonds is 3. The molecule has 2 aliphatic heterocycles. The Morgan fingerprint density at radius 2 is 2.17 bits per heavy atom. The second-order valence-electron chi connectivity index (χ2n) is 6.99. The van der Waals surface area contributed by atoms with E-state index in [4.69, 9.17) is 0 Å². The molecule has 2 aromatic rings. The Morgan fingerprint density at radius 3 is 2.96 bits per heavy atom. The van der Waals surface area contributed by atoms with E-state index in [9.17, 15) is 9.90 Å². The number of carbonyl (C=O) groups is 1. The van der Waals surface area contributed by atoms with Crippen LogP contribution in [-0.4, -0.2) is 34.0 Å². The molecule has 1 saturated heterocycles. The van der Waals surface area contributed by atoms with Crippen LogP contribution in [0.4, 0.5) is 0 Å². The van der Waals surface area contributed by atoms with E-state index < -0.39 is 0 Å². The number of nitrogens with zero attached hydrogens (tertiary/aromatic N) is 1. The van der Waals surface area contributed by atoms with Crippen molar-refractivity contribution in [2.24, 2.45) is 5.41 Å². The average molecular weight is 312 g/mol. The Kier molecular flexibility index (Phi) is 3.45. The van der Waals surface area contributed by atoms with Crippen LogP contribution in [0, 0.1) is 5.41 Å². The van der Waals surface area contributed by atoms with Crippen LogP contribution in [0.5, 0.6) is 0 Å². The highest BCUT2D eigenvalue weighted by atomic mass is 16.3. The fourth-order valence-electron chi connectivity index (χ4n) is 4.81. The molecule has 4 heteroatoms. The van der Waals surface area contributed by atoms with Crippen molar-refractivity contribution in [1.82, 2.24) is 9.88 Å². The minimum atomic E-state index is -0.0152. The van der Waals surface area contributed by atoms with Crippen molar-refractivity contribution >= 4 is 16.8 Å². The number of nitrogens with one attached hydrogen (secondary N) is 1. The van der Waals surface area contributed by atoms with Crippen molar-refractivity contribution < 1.29 is 9.90 Å². The number of amides is 1. The lowest BCUT2D eigenvalue weighted by atomic mass is 9.66. The van der Waals surface area contributed by atoms with E-state index in [1.54, 1.807) is 0 Å². The molecular formula is C19H24N2O2. The van der Waals surface area contributed by atoms with Crippen molar-refractivity contribution in [3.63, 3.8) is 0 Å². The fourth-order valence-corrected chi connectivity index (χ4v) is 4.81. The summed E-state index contributed by atoms with van der Waals surface area (Å²) >= 11 is 0. The number of para-hydroxylation sites is 1. The monoisotopic (exact) mass is 312 g/mol. The number of benzene rings is 1. The molecule has 1 fully saturated rings. The summed E-state index contributed by atoms with van der Waals surface area (Å²) in [4.78, 5) is 18.2. The molecule has 2 atom stereocenters. The molecule has 0 spiro atoms. The molecule has 4 rings (SSSR count). The largest absolute Gasteiger partial charge is 0.396 e. The van der Waals surface area contributed by atoms with Gasteiger partial charge in [-0.25, -0.2) is 0 Å². The molecule has 0 unspecified atom stereocenters. The second kappa shape index (κ2) is 5.38. The summed E-state index contributed by atoms with van der Waals surface area (Å²) in [6.45, 7) is 3.17. The van der Waals surface area contributed by atoms with Gasteiger partial charge in [0.25, 0.3) is 0 Å². The predicted octanol–water partition coefficient (Wildman–Crippen LogP) is 3.17. The number of aliphatic hydroxyl groups is 1. The third kappa shape index (κ3) is 2.04. The highest BCUT2D eigenvalue weighted by Gasteiger charge is 2.49. The molecule has 1 aromatic carbocycles. The number of aromatic nitrogens is 1. The third-order valence-electron chi connectivity index (χ3n) is 6.09. The highest BCUT2D eigenvalue weighted by molar-refractivity contribution is 5.86. The van der Waals surface area contributed by atoms with Crippen LogP contribution < -0.4 is 0 Å². The van der Waals surface area contributed by atoms with E-state index in [0.717, 1.165) is 37.7 Å². The molecular weight excluding hydrogens is 288 g/mol. The zero-order valence-electron chi connectivity index (χ0n) is 13.6. The van der Waals surface area contributed by atoms with E-state index in [1.807, 2.05) is 0 Å². The van der Waals surface area contributed by atoms with Crippen molar-refractivity contribution in [3.05, 3.63) is 35.5 Å². The first-order chi connectivity index (χ1) is 11.2. The maximum absolute atomic E-state index is 12.5. The Labute approximate surface area is 136 Å². The zero-order valence-corrected chi connectivity index (χ0v) is 13.6. The van der Waals surface area contributed by atoms with Gasteiger partial charge in [0.1, 0.15) is 0 Å². The van der Waals surface area contributed by atoms with Gasteiger partial charge in [-0.15, -0.1) is 0 Å². The first-order valence-electron chi connectivity index (χ1n) is 8.70. The molecule has 1 aromatic heterocycles. The summed E-state index contributed by atoms with van der Waals surface area (Å²) in [6, 6.07) is 8.49. The van der Waals surface area contributed by atoms with Gasteiger partial charge in [-0.05, 0) is 42.7 Å². The fraction of sp³-hybridized carbons (Fsp3) is 0.526. The molecule has 2 aliphatic rings. The maximum atomic E-state index is 12.5. The van der Waals surface area contributed by atoms with Crippen LogP contribution in [0.3, 0.4) is 0 Å². The number of fused-ring (bicyclic) bond motifs is 5. The topological polar surface area (TPSA) is 56.3 Å². The Bertz CT molecular complexity index is 751. The van der Waals surface area contributed by atoms with Gasteiger partial charge in [-0.2, -0.15) is 0 Å². The minimum absolute atomic E-state index is 0.0152. The number of carbonyl (C=O) groups excluding carboxylic acids is 1. The molecule has 0 saturated carbocycles. The summed E-state index contributed by atoms with van der Waals surface area (Å²) in [5, 5.41) is 10.9. The van der Waals surface area contributed by atoms with Gasteiger partial charge in [-0.3, -0.25) is 4.79 Å². The van der Waals surface area contributed by atoms with Crippen LogP contribution >= 0.6 is 0 Å². The quantitative estimate of drug-likeness (QED) is 0.914. The number of hydrogen-bond donors (Lipinski definition) is 2. The first kappa shape index (κ1) is 14.8. The van der Waals surface area contributed by atoms with E-state index in [-0.39, 0.29) is 24.0 Å². The van der Waals surface area contributed by atoms with Gasteiger partial charge in [0.05, 0.1) is 6.04 Å². The summed E-state index contributed by atoms with van der Waals surface area (Å²) in [7, 11) is 0. The summed E-state index contributed by atoms with van der Waals surface area (Å²) < 4.78 is 0. The van der Waals surface area contributed by atoms with Crippen LogP contribution in [0.1, 0.15) is 49.9 Å². The van der Waals surface area contributed by atoms with Gasteiger partial charge in [-0.1, -0.05) is 25.1 Å². The minimum Gasteiger partial charge on any atom is -0.396 e. The smallest absolute Gasteiger partial charge is 0.223 e. The molecule has 122 valence electrons. The Balaban J connectivity index is 1.91. The van der Waals surface area contributed by atoms with Crippen molar-refractivity contribution in [2.75, 3.05) is 13.2 Å². The lowest BCUT2D eigenvalue weighted by molar-refractivity contribution is -0.146. The number of aliphatic hydroxyl groups excluding tert-OH is 1. The molecule has 4 nitrogen and oxygen atoms in total.